The molecule has 3 aromatic rings. The molecule has 2 aliphatic rings. The van der Waals surface area contributed by atoms with Gasteiger partial charge in [0.2, 0.25) is 0 Å². The maximum atomic E-state index is 12.9. The first-order valence-electron chi connectivity index (χ1n) is 11.3. The minimum absolute atomic E-state index is 0.0323. The number of likely N-dealkylation sites (tertiary alicyclic amines) is 1. The molecule has 2 aliphatic heterocycles. The maximum absolute atomic E-state index is 12.9. The van der Waals surface area contributed by atoms with Crippen LogP contribution in [0.5, 0.6) is 0 Å². The smallest absolute Gasteiger partial charge is 0.253 e. The second kappa shape index (κ2) is 9.05. The zero-order chi connectivity index (χ0) is 22.9. The molecule has 33 heavy (non-hydrogen) atoms. The van der Waals surface area contributed by atoms with Crippen molar-refractivity contribution in [3.63, 3.8) is 0 Å². The molecule has 10 heteroatoms. The molecule has 4 heterocycles. The molecule has 174 valence electrons. The van der Waals surface area contributed by atoms with Crippen LogP contribution in [0, 0.1) is 0 Å². The molecule has 0 bridgehead atoms. The van der Waals surface area contributed by atoms with Gasteiger partial charge < -0.3 is 25.2 Å². The van der Waals surface area contributed by atoms with Crippen LogP contribution >= 0.6 is 0 Å². The summed E-state index contributed by atoms with van der Waals surface area (Å²) in [6, 6.07) is 7.83. The maximum Gasteiger partial charge on any atom is 0.253 e. The monoisotopic (exact) mass is 452 g/mol. The Labute approximate surface area is 191 Å². The fourth-order valence-electron chi connectivity index (χ4n) is 4.56. The second-order valence-electron chi connectivity index (χ2n) is 8.61. The fourth-order valence-corrected chi connectivity index (χ4v) is 4.56. The fraction of sp³-hybridized carbons (Fsp3) is 0.478. The number of aryl methyl sites for hydroxylation is 1. The van der Waals surface area contributed by atoms with E-state index in [1.807, 2.05) is 29.2 Å². The van der Waals surface area contributed by atoms with E-state index in [-0.39, 0.29) is 18.6 Å². The van der Waals surface area contributed by atoms with Crippen molar-refractivity contribution in [3.05, 3.63) is 48.0 Å². The standard InChI is InChI=1S/C23H28N6O4/c1-2-14-3-5-15(6-4-14)22(32)28-8-7-16(10-28)27-20-19-21(25-12-24-20)29(13-26-19)23-18(31)9-17(11-30)33-23/h3-6,12-13,16-18,23,30-31H,2,7-11H2,1H3,(H,24,25,27)/t16-,17+,18-,23-/m1/s1. The van der Waals surface area contributed by atoms with Crippen LogP contribution in [0.1, 0.15) is 41.9 Å². The lowest BCUT2D eigenvalue weighted by molar-refractivity contribution is -0.0486. The summed E-state index contributed by atoms with van der Waals surface area (Å²) < 4.78 is 7.42. The molecule has 0 aliphatic carbocycles. The highest BCUT2D eigenvalue weighted by molar-refractivity contribution is 5.94. The van der Waals surface area contributed by atoms with E-state index in [4.69, 9.17) is 4.74 Å². The summed E-state index contributed by atoms with van der Waals surface area (Å²) in [5, 5.41) is 23.1. The Balaban J connectivity index is 1.29. The Morgan fingerprint density at radius 2 is 2.06 bits per heavy atom. The molecule has 10 nitrogen and oxygen atoms in total. The van der Waals surface area contributed by atoms with E-state index in [2.05, 4.69) is 27.2 Å². The van der Waals surface area contributed by atoms with Crippen LogP contribution in [0.15, 0.2) is 36.9 Å². The van der Waals surface area contributed by atoms with Crippen molar-refractivity contribution < 1.29 is 19.7 Å². The van der Waals surface area contributed by atoms with E-state index in [1.54, 1.807) is 10.9 Å². The minimum atomic E-state index is -0.758. The third kappa shape index (κ3) is 4.17. The predicted molar refractivity (Wildman–Crippen MR) is 121 cm³/mol. The number of carbonyl (C=O) groups excluding carboxylic acids is 1. The van der Waals surface area contributed by atoms with Gasteiger partial charge in [0, 0.05) is 31.1 Å². The van der Waals surface area contributed by atoms with Gasteiger partial charge in [-0.2, -0.15) is 0 Å². The average molecular weight is 453 g/mol. The summed E-state index contributed by atoms with van der Waals surface area (Å²) in [4.78, 5) is 27.9. The molecule has 5 rings (SSSR count). The molecule has 2 aromatic heterocycles. The summed E-state index contributed by atoms with van der Waals surface area (Å²) in [5.74, 6) is 0.612. The van der Waals surface area contributed by atoms with E-state index in [0.29, 0.717) is 42.1 Å². The Morgan fingerprint density at radius 3 is 2.79 bits per heavy atom. The number of hydrogen-bond acceptors (Lipinski definition) is 8. The van der Waals surface area contributed by atoms with Gasteiger partial charge in [0.1, 0.15) is 12.4 Å². The van der Waals surface area contributed by atoms with Gasteiger partial charge in [-0.1, -0.05) is 19.1 Å². The number of ether oxygens (including phenoxy) is 1. The van der Waals surface area contributed by atoms with Crippen molar-refractivity contribution in [2.24, 2.45) is 0 Å². The zero-order valence-corrected chi connectivity index (χ0v) is 18.5. The average Bonchev–Trinajstić information content (AvgIpc) is 3.57. The quantitative estimate of drug-likeness (QED) is 0.512. The zero-order valence-electron chi connectivity index (χ0n) is 18.5. The highest BCUT2D eigenvalue weighted by Crippen LogP contribution is 2.32. The van der Waals surface area contributed by atoms with Crippen molar-refractivity contribution in [2.45, 2.75) is 50.7 Å². The van der Waals surface area contributed by atoms with Gasteiger partial charge in [-0.3, -0.25) is 9.36 Å². The molecule has 2 fully saturated rings. The van der Waals surface area contributed by atoms with E-state index >= 15 is 0 Å². The lowest BCUT2D eigenvalue weighted by atomic mass is 10.1. The lowest BCUT2D eigenvalue weighted by Crippen LogP contribution is -2.31. The molecule has 4 atom stereocenters. The normalized spacial score (nSPS) is 25.1. The molecular formula is C23H28N6O4. The second-order valence-corrected chi connectivity index (χ2v) is 8.61. The molecule has 0 radical (unpaired) electrons. The molecule has 1 amide bonds. The summed E-state index contributed by atoms with van der Waals surface area (Å²) >= 11 is 0. The number of aromatic nitrogens is 4. The summed E-state index contributed by atoms with van der Waals surface area (Å²) in [6.07, 6.45) is 3.28. The predicted octanol–water partition coefficient (Wildman–Crippen LogP) is 1.36. The van der Waals surface area contributed by atoms with E-state index < -0.39 is 18.4 Å². The minimum Gasteiger partial charge on any atom is -0.394 e. The Hall–Kier alpha value is -3.08. The number of benzene rings is 1. The van der Waals surface area contributed by atoms with Crippen LogP contribution in [0.2, 0.25) is 0 Å². The third-order valence-corrected chi connectivity index (χ3v) is 6.43. The van der Waals surface area contributed by atoms with Gasteiger partial charge >= 0.3 is 0 Å². The number of fused-ring (bicyclic) bond motifs is 1. The first-order valence-corrected chi connectivity index (χ1v) is 11.3. The van der Waals surface area contributed by atoms with Gasteiger partial charge in [-0.25, -0.2) is 15.0 Å². The van der Waals surface area contributed by atoms with Crippen molar-refractivity contribution in [3.8, 4) is 0 Å². The number of rotatable bonds is 6. The van der Waals surface area contributed by atoms with Crippen LogP contribution in [-0.2, 0) is 11.2 Å². The lowest BCUT2D eigenvalue weighted by Gasteiger charge is -2.18. The van der Waals surface area contributed by atoms with Gasteiger partial charge in [0.15, 0.2) is 23.2 Å². The molecule has 2 saturated heterocycles. The van der Waals surface area contributed by atoms with Gasteiger partial charge in [-0.15, -0.1) is 0 Å². The first-order chi connectivity index (χ1) is 16.1. The first kappa shape index (κ1) is 21.7. The summed E-state index contributed by atoms with van der Waals surface area (Å²) in [6.45, 7) is 3.18. The van der Waals surface area contributed by atoms with Crippen LogP contribution in [0.4, 0.5) is 5.82 Å². The molecule has 1 aromatic carbocycles. The molecular weight excluding hydrogens is 424 g/mol. The van der Waals surface area contributed by atoms with Crippen molar-refractivity contribution in [1.29, 1.82) is 0 Å². The van der Waals surface area contributed by atoms with Gasteiger partial charge in [0.25, 0.3) is 5.91 Å². The van der Waals surface area contributed by atoms with Crippen LogP contribution in [0.25, 0.3) is 11.2 Å². The third-order valence-electron chi connectivity index (χ3n) is 6.43. The van der Waals surface area contributed by atoms with E-state index in [9.17, 15) is 15.0 Å². The van der Waals surface area contributed by atoms with Crippen LogP contribution in [-0.4, -0.2) is 78.5 Å². The van der Waals surface area contributed by atoms with E-state index in [1.165, 1.54) is 11.9 Å². The van der Waals surface area contributed by atoms with Gasteiger partial charge in [-0.05, 0) is 30.5 Å². The van der Waals surface area contributed by atoms with Crippen molar-refractivity contribution in [1.82, 2.24) is 24.4 Å². The SMILES string of the molecule is CCc1ccc(C(=O)N2CC[C@@H](Nc3ncnc4c3ncn4[C@@H]3O[C@H](CO)C[C@H]3O)C2)cc1. The van der Waals surface area contributed by atoms with Crippen LogP contribution < -0.4 is 5.32 Å². The Bertz CT molecular complexity index is 1130. The summed E-state index contributed by atoms with van der Waals surface area (Å²) in [5.41, 5.74) is 3.02. The van der Waals surface area contributed by atoms with Crippen molar-refractivity contribution in [2.75, 3.05) is 25.0 Å². The number of anilines is 1. The van der Waals surface area contributed by atoms with Gasteiger partial charge in [0.05, 0.1) is 19.0 Å². The number of imidazole rings is 1. The number of nitrogens with zero attached hydrogens (tertiary/aromatic N) is 5. The highest BCUT2D eigenvalue weighted by Gasteiger charge is 2.36. The number of nitrogens with one attached hydrogen (secondary N) is 1. The number of amides is 1. The molecule has 0 unspecified atom stereocenters. The van der Waals surface area contributed by atoms with Crippen molar-refractivity contribution >= 4 is 22.9 Å². The van der Waals surface area contributed by atoms with Crippen LogP contribution in [0.3, 0.4) is 0 Å². The molecule has 0 spiro atoms. The number of aliphatic hydroxyl groups is 2. The summed E-state index contributed by atoms with van der Waals surface area (Å²) in [7, 11) is 0. The Kier molecular flexibility index (Phi) is 5.96. The number of hydrogen-bond donors (Lipinski definition) is 3. The Morgan fingerprint density at radius 1 is 1.24 bits per heavy atom. The number of carbonyl (C=O) groups is 1. The number of aliphatic hydroxyl groups excluding tert-OH is 2. The largest absolute Gasteiger partial charge is 0.394 e. The van der Waals surface area contributed by atoms with E-state index in [0.717, 1.165) is 12.8 Å². The molecule has 0 saturated carbocycles. The molecule has 3 N–H and O–H groups in total. The topological polar surface area (TPSA) is 126 Å². The highest BCUT2D eigenvalue weighted by atomic mass is 16.5.